The zero-order valence-corrected chi connectivity index (χ0v) is 22.4. The van der Waals surface area contributed by atoms with Gasteiger partial charge in [-0.05, 0) is 6.42 Å². The fraction of sp³-hybridized carbons (Fsp3) is 0.429. The first-order valence-corrected chi connectivity index (χ1v) is 13.7. The minimum Gasteiger partial charge on any atom is -0.548 e. The van der Waals surface area contributed by atoms with Crippen molar-refractivity contribution in [1.82, 2.24) is 10.6 Å². The van der Waals surface area contributed by atoms with E-state index >= 15 is 0 Å². The van der Waals surface area contributed by atoms with Crippen LogP contribution in [0.1, 0.15) is 26.2 Å². The molecule has 202 valence electrons. The Morgan fingerprint density at radius 2 is 1.70 bits per heavy atom. The molecule has 2 atom stereocenters. The van der Waals surface area contributed by atoms with Gasteiger partial charge in [-0.3, -0.25) is 4.79 Å². The Labute approximate surface area is 222 Å². The van der Waals surface area contributed by atoms with E-state index < -0.39 is 64.0 Å². The number of nitrogens with two attached hydrogens (primary N) is 1. The van der Waals surface area contributed by atoms with Crippen LogP contribution in [-0.2, 0) is 32.5 Å². The first-order chi connectivity index (χ1) is 17.5. The fourth-order valence-electron chi connectivity index (χ4n) is 2.63. The smallest absolute Gasteiger partial charge is 0.548 e. The summed E-state index contributed by atoms with van der Waals surface area (Å²) in [5.41, 5.74) is 5.84. The molecule has 0 aliphatic carbocycles. The Hall–Kier alpha value is -3.29. The van der Waals surface area contributed by atoms with Gasteiger partial charge in [0.15, 0.2) is 0 Å². The van der Waals surface area contributed by atoms with Crippen molar-refractivity contribution in [3.05, 3.63) is 18.2 Å². The van der Waals surface area contributed by atoms with Gasteiger partial charge in [0.2, 0.25) is 0 Å². The van der Waals surface area contributed by atoms with Gasteiger partial charge in [0.25, 0.3) is 0 Å². The van der Waals surface area contributed by atoms with Gasteiger partial charge in [-0.1, -0.05) is 0 Å². The molecule has 0 heterocycles. The van der Waals surface area contributed by atoms with E-state index in [1.165, 1.54) is 18.2 Å². The normalized spacial score (nSPS) is 12.2. The second-order valence-corrected chi connectivity index (χ2v) is 9.96. The molecule has 4 amide bonds. The van der Waals surface area contributed by atoms with E-state index in [0.29, 0.717) is 4.35 Å². The first kappa shape index (κ1) is 31.7. The Morgan fingerprint density at radius 3 is 2.30 bits per heavy atom. The van der Waals surface area contributed by atoms with Crippen LogP contribution in [0, 0.1) is 0 Å². The van der Waals surface area contributed by atoms with Crippen molar-refractivity contribution in [2.24, 2.45) is 5.73 Å². The van der Waals surface area contributed by atoms with Crippen molar-refractivity contribution in [3.8, 4) is 0 Å². The third-order valence-corrected chi connectivity index (χ3v) is 6.60. The van der Waals surface area contributed by atoms with E-state index in [4.69, 9.17) is 5.73 Å². The first-order valence-electron chi connectivity index (χ1n) is 10.8. The van der Waals surface area contributed by atoms with Gasteiger partial charge in [-0.15, -0.1) is 0 Å². The molecule has 0 spiro atoms. The summed E-state index contributed by atoms with van der Waals surface area (Å²) in [6.07, 6.45) is -0.399. The Kier molecular flexibility index (Phi) is 14.1. The molecular formula is C21H26AsN5O9S-2. The number of carboxylic acids is 2. The van der Waals surface area contributed by atoms with Crippen molar-refractivity contribution in [2.45, 2.75) is 38.3 Å². The van der Waals surface area contributed by atoms with E-state index in [9.17, 15) is 42.7 Å². The zero-order valence-electron chi connectivity index (χ0n) is 19.7. The number of hydrogen-bond donors (Lipinski definition) is 5. The predicted molar refractivity (Wildman–Crippen MR) is 130 cm³/mol. The Balaban J connectivity index is 2.78. The number of nitrogens with one attached hydrogen (secondary N) is 4. The molecule has 0 fully saturated rings. The van der Waals surface area contributed by atoms with Crippen LogP contribution in [0.5, 0.6) is 0 Å². The molecule has 2 unspecified atom stereocenters. The summed E-state index contributed by atoms with van der Waals surface area (Å²) < 4.78 is 11.8. The molecule has 16 heteroatoms. The van der Waals surface area contributed by atoms with E-state index in [1.807, 2.05) is 0 Å². The molecule has 0 aromatic heterocycles. The minimum absolute atomic E-state index is 0.136. The zero-order chi connectivity index (χ0) is 28.0. The number of aliphatic carboxylic acids is 2. The maximum absolute atomic E-state index is 12.5. The molecule has 1 aromatic rings. The number of thioether (sulfide) groups is 1. The van der Waals surface area contributed by atoms with Crippen LogP contribution in [-0.4, -0.2) is 81.4 Å². The molecule has 0 aliphatic heterocycles. The van der Waals surface area contributed by atoms with Crippen molar-refractivity contribution >= 4 is 78.7 Å². The van der Waals surface area contributed by atoms with Crippen LogP contribution in [0.2, 0.25) is 0 Å². The third-order valence-electron chi connectivity index (χ3n) is 4.54. The number of carboxylic acid groups (broad SMARTS) is 2. The van der Waals surface area contributed by atoms with Gasteiger partial charge >= 0.3 is 155 Å². The van der Waals surface area contributed by atoms with Gasteiger partial charge in [0.1, 0.15) is 0 Å². The Bertz CT molecular complexity index is 1040. The average Bonchev–Trinajstić information content (AvgIpc) is 2.85. The molecule has 6 N–H and O–H groups in total. The SMILES string of the molecule is CCC(=O)Nc1cc([As]=O)ccc1NC(=O)CSCC(NC(=O)CCC(N)C(=O)[O-])C(=O)NCC(=O)[O-]. The summed E-state index contributed by atoms with van der Waals surface area (Å²) in [7, 11) is 0. The number of anilines is 2. The van der Waals surface area contributed by atoms with E-state index in [-0.39, 0.29) is 48.1 Å². The molecule has 37 heavy (non-hydrogen) atoms. The summed E-state index contributed by atoms with van der Waals surface area (Å²) in [5, 5.41) is 30.9. The molecule has 1 rings (SSSR count). The number of carbonyl (C=O) groups is 6. The molecule has 0 bridgehead atoms. The summed E-state index contributed by atoms with van der Waals surface area (Å²) in [6.45, 7) is 0.836. The third kappa shape index (κ3) is 12.5. The molecule has 0 saturated carbocycles. The van der Waals surface area contributed by atoms with Crippen molar-refractivity contribution in [2.75, 3.05) is 28.7 Å². The number of benzene rings is 1. The average molecular weight is 599 g/mol. The summed E-state index contributed by atoms with van der Waals surface area (Å²) in [5.74, 6) is -5.82. The molecule has 0 radical (unpaired) electrons. The standard InChI is InChI=1S/C21H28AsN5O9S/c1-2-16(28)26-14-7-11(22-36)3-5-13(14)25-18(30)10-37-9-15(20(33)24-8-19(31)32)27-17(29)6-4-12(23)21(34)35/h3,5,7,12,15H,2,4,6,8-10,23H2,1H3,(H,24,33)(H,25,30)(H,26,28)(H,27,29)(H,31,32)(H,34,35)/p-2. The number of hydrogen-bond acceptors (Lipinski definition) is 11. The quantitative estimate of drug-likeness (QED) is 0.114. The summed E-state index contributed by atoms with van der Waals surface area (Å²) >= 11 is -0.406. The maximum atomic E-state index is 12.5. The number of rotatable bonds is 16. The van der Waals surface area contributed by atoms with Crippen LogP contribution in [0.3, 0.4) is 0 Å². The van der Waals surface area contributed by atoms with E-state index in [0.717, 1.165) is 11.8 Å². The minimum atomic E-state index is -1.55. The molecular weight excluding hydrogens is 573 g/mol. The molecule has 1 aromatic carbocycles. The molecule has 0 aliphatic rings. The second-order valence-electron chi connectivity index (χ2n) is 7.46. The topological polar surface area (TPSA) is 240 Å². The van der Waals surface area contributed by atoms with Gasteiger partial charge in [-0.2, -0.15) is 0 Å². The van der Waals surface area contributed by atoms with Crippen LogP contribution in [0.25, 0.3) is 0 Å². The van der Waals surface area contributed by atoms with Crippen molar-refractivity contribution in [1.29, 1.82) is 0 Å². The number of amides is 4. The van der Waals surface area contributed by atoms with Crippen LogP contribution in [0.15, 0.2) is 18.2 Å². The molecule has 0 saturated heterocycles. The summed E-state index contributed by atoms with van der Waals surface area (Å²) in [6, 6.07) is 1.89. The van der Waals surface area contributed by atoms with E-state index in [1.54, 1.807) is 6.92 Å². The predicted octanol–water partition coefficient (Wildman–Crippen LogP) is -4.41. The number of carbonyl (C=O) groups excluding carboxylic acids is 6. The van der Waals surface area contributed by atoms with Crippen molar-refractivity contribution in [3.63, 3.8) is 0 Å². The fourth-order valence-corrected chi connectivity index (χ4v) is 4.14. The molecule has 14 nitrogen and oxygen atoms in total. The van der Waals surface area contributed by atoms with Crippen molar-refractivity contribution < 1.29 is 42.7 Å². The van der Waals surface area contributed by atoms with Crippen LogP contribution in [0.4, 0.5) is 11.4 Å². The van der Waals surface area contributed by atoms with Gasteiger partial charge in [0.05, 0.1) is 18.5 Å². The van der Waals surface area contributed by atoms with Gasteiger partial charge < -0.3 is 25.5 Å². The van der Waals surface area contributed by atoms with Crippen LogP contribution < -0.4 is 41.6 Å². The van der Waals surface area contributed by atoms with Gasteiger partial charge in [0, 0.05) is 12.5 Å². The van der Waals surface area contributed by atoms with Crippen LogP contribution >= 0.6 is 11.8 Å². The monoisotopic (exact) mass is 599 g/mol. The van der Waals surface area contributed by atoms with E-state index in [2.05, 4.69) is 21.3 Å². The summed E-state index contributed by atoms with van der Waals surface area (Å²) in [4.78, 5) is 70.0. The Morgan fingerprint density at radius 1 is 1.03 bits per heavy atom. The van der Waals surface area contributed by atoms with Gasteiger partial charge in [-0.25, -0.2) is 0 Å². The second kappa shape index (κ2) is 16.5.